The summed E-state index contributed by atoms with van der Waals surface area (Å²) in [5, 5.41) is 21.4. The number of carbonyl (C=O) groups is 1. The molecule has 1 aromatic carbocycles. The van der Waals surface area contributed by atoms with Crippen LogP contribution in [0, 0.1) is 0 Å². The third-order valence-corrected chi connectivity index (χ3v) is 4.27. The number of nitrogens with one attached hydrogen (secondary N) is 1. The summed E-state index contributed by atoms with van der Waals surface area (Å²) in [6.07, 6.45) is 4.17. The fraction of sp³-hybridized carbons (Fsp3) is 0.250. The number of ether oxygens (including phenoxy) is 1. The first-order valence-corrected chi connectivity index (χ1v) is 8.70. The molecule has 0 bridgehead atoms. The SMILES string of the molecule is CCCc1[nH]c(=O)c2c(O)c(-c3cccnc3)c(O)cc2c1C(=O)OCC. The number of pyridine rings is 2. The molecule has 0 aliphatic heterocycles. The van der Waals surface area contributed by atoms with Crippen molar-refractivity contribution in [1.29, 1.82) is 0 Å². The lowest BCUT2D eigenvalue weighted by atomic mass is 9.96. The Balaban J connectivity index is 2.41. The molecule has 3 aromatic rings. The second-order valence-corrected chi connectivity index (χ2v) is 6.06. The quantitative estimate of drug-likeness (QED) is 0.597. The molecule has 7 nitrogen and oxygen atoms in total. The molecule has 27 heavy (non-hydrogen) atoms. The van der Waals surface area contributed by atoms with Gasteiger partial charge < -0.3 is 19.9 Å². The normalized spacial score (nSPS) is 10.9. The van der Waals surface area contributed by atoms with E-state index >= 15 is 0 Å². The first-order valence-electron chi connectivity index (χ1n) is 8.70. The number of H-pyrrole nitrogens is 1. The first kappa shape index (κ1) is 18.4. The van der Waals surface area contributed by atoms with Crippen molar-refractivity contribution in [3.05, 3.63) is 52.2 Å². The number of carbonyl (C=O) groups excluding carboxylic acids is 1. The Morgan fingerprint density at radius 3 is 2.70 bits per heavy atom. The van der Waals surface area contributed by atoms with Crippen LogP contribution in [0.2, 0.25) is 0 Å². The van der Waals surface area contributed by atoms with Gasteiger partial charge in [-0.25, -0.2) is 4.79 Å². The van der Waals surface area contributed by atoms with Crippen LogP contribution in [0.5, 0.6) is 11.5 Å². The molecular formula is C20H20N2O5. The molecule has 0 unspecified atom stereocenters. The molecule has 2 heterocycles. The van der Waals surface area contributed by atoms with Crippen LogP contribution in [-0.4, -0.2) is 32.8 Å². The molecule has 3 rings (SSSR count). The Labute approximate surface area is 155 Å². The number of hydrogen-bond acceptors (Lipinski definition) is 6. The molecule has 0 fully saturated rings. The standard InChI is InChI=1S/C20H20N2O5/c1-3-6-13-16(20(26)27-4-2)12-9-14(23)15(11-7-5-8-21-10-11)18(24)17(12)19(25)22-13/h5,7-10,23-24H,3-4,6H2,1-2H3,(H,22,25). The van der Waals surface area contributed by atoms with E-state index in [2.05, 4.69) is 9.97 Å². The maximum absolute atomic E-state index is 12.7. The Bertz CT molecular complexity index is 1060. The van der Waals surface area contributed by atoms with Gasteiger partial charge in [0.05, 0.1) is 23.1 Å². The van der Waals surface area contributed by atoms with Crippen LogP contribution in [0.1, 0.15) is 36.3 Å². The fourth-order valence-electron chi connectivity index (χ4n) is 3.18. The Hall–Kier alpha value is -3.35. The lowest BCUT2D eigenvalue weighted by molar-refractivity contribution is 0.0527. The predicted molar refractivity (Wildman–Crippen MR) is 101 cm³/mol. The van der Waals surface area contributed by atoms with E-state index in [0.717, 1.165) is 0 Å². The molecule has 0 atom stereocenters. The molecule has 0 radical (unpaired) electrons. The molecule has 3 N–H and O–H groups in total. The lowest BCUT2D eigenvalue weighted by Gasteiger charge is -2.15. The molecule has 0 aliphatic rings. The zero-order valence-corrected chi connectivity index (χ0v) is 15.1. The summed E-state index contributed by atoms with van der Waals surface area (Å²) in [5.74, 6) is -1.28. The highest BCUT2D eigenvalue weighted by atomic mass is 16.5. The number of aromatic amines is 1. The van der Waals surface area contributed by atoms with E-state index in [1.165, 1.54) is 12.3 Å². The second-order valence-electron chi connectivity index (χ2n) is 6.06. The van der Waals surface area contributed by atoms with Crippen molar-refractivity contribution < 1.29 is 19.7 Å². The topological polar surface area (TPSA) is 113 Å². The third kappa shape index (κ3) is 3.23. The van der Waals surface area contributed by atoms with Crippen molar-refractivity contribution in [3.63, 3.8) is 0 Å². The van der Waals surface area contributed by atoms with Crippen molar-refractivity contribution in [2.75, 3.05) is 6.61 Å². The van der Waals surface area contributed by atoms with Gasteiger partial charge in [-0.1, -0.05) is 19.4 Å². The maximum Gasteiger partial charge on any atom is 0.340 e. The minimum Gasteiger partial charge on any atom is -0.507 e. The zero-order chi connectivity index (χ0) is 19.6. The van der Waals surface area contributed by atoms with Crippen molar-refractivity contribution >= 4 is 16.7 Å². The number of nitrogens with zero attached hydrogens (tertiary/aromatic N) is 1. The molecule has 7 heteroatoms. The molecule has 0 saturated heterocycles. The summed E-state index contributed by atoms with van der Waals surface area (Å²) in [4.78, 5) is 31.8. The highest BCUT2D eigenvalue weighted by Crippen LogP contribution is 2.42. The predicted octanol–water partition coefficient (Wildman–Crippen LogP) is 3.13. The lowest BCUT2D eigenvalue weighted by Crippen LogP contribution is -2.18. The number of hydrogen-bond donors (Lipinski definition) is 3. The number of aryl methyl sites for hydroxylation is 1. The molecular weight excluding hydrogens is 348 g/mol. The number of phenols is 2. The number of aromatic nitrogens is 2. The number of phenolic OH excluding ortho intramolecular Hbond substituents is 2. The first-order chi connectivity index (χ1) is 13.0. The van der Waals surface area contributed by atoms with Crippen LogP contribution in [0.4, 0.5) is 0 Å². The molecule has 0 aliphatic carbocycles. The highest BCUT2D eigenvalue weighted by Gasteiger charge is 2.24. The second kappa shape index (κ2) is 7.49. The minimum atomic E-state index is -0.616. The smallest absolute Gasteiger partial charge is 0.340 e. The Kier molecular flexibility index (Phi) is 5.12. The number of esters is 1. The summed E-state index contributed by atoms with van der Waals surface area (Å²) in [6.45, 7) is 3.76. The van der Waals surface area contributed by atoms with Crippen LogP contribution in [0.3, 0.4) is 0 Å². The van der Waals surface area contributed by atoms with E-state index < -0.39 is 17.3 Å². The van der Waals surface area contributed by atoms with Crippen molar-refractivity contribution in [2.24, 2.45) is 0 Å². The van der Waals surface area contributed by atoms with Gasteiger partial charge in [0.2, 0.25) is 0 Å². The summed E-state index contributed by atoms with van der Waals surface area (Å²) >= 11 is 0. The van der Waals surface area contributed by atoms with E-state index in [4.69, 9.17) is 4.74 Å². The Morgan fingerprint density at radius 1 is 1.30 bits per heavy atom. The van der Waals surface area contributed by atoms with Gasteiger partial charge in [0, 0.05) is 29.0 Å². The fourth-order valence-corrected chi connectivity index (χ4v) is 3.18. The van der Waals surface area contributed by atoms with Gasteiger partial charge >= 0.3 is 5.97 Å². The van der Waals surface area contributed by atoms with Gasteiger partial charge in [-0.2, -0.15) is 0 Å². The summed E-state index contributed by atoms with van der Waals surface area (Å²) in [6, 6.07) is 4.62. The minimum absolute atomic E-state index is 0.0745. The maximum atomic E-state index is 12.7. The Morgan fingerprint density at radius 2 is 2.07 bits per heavy atom. The van der Waals surface area contributed by atoms with Crippen molar-refractivity contribution in [2.45, 2.75) is 26.7 Å². The van der Waals surface area contributed by atoms with E-state index in [-0.39, 0.29) is 34.3 Å². The average molecular weight is 368 g/mol. The highest BCUT2D eigenvalue weighted by molar-refractivity contribution is 6.09. The zero-order valence-electron chi connectivity index (χ0n) is 15.1. The average Bonchev–Trinajstić information content (AvgIpc) is 2.62. The van der Waals surface area contributed by atoms with Crippen molar-refractivity contribution in [1.82, 2.24) is 9.97 Å². The number of fused-ring (bicyclic) bond motifs is 1. The van der Waals surface area contributed by atoms with E-state index in [0.29, 0.717) is 24.1 Å². The summed E-state index contributed by atoms with van der Waals surface area (Å²) in [7, 11) is 0. The third-order valence-electron chi connectivity index (χ3n) is 4.27. The van der Waals surface area contributed by atoms with Crippen LogP contribution in [-0.2, 0) is 11.2 Å². The van der Waals surface area contributed by atoms with Gasteiger partial charge in [-0.15, -0.1) is 0 Å². The van der Waals surface area contributed by atoms with Crippen LogP contribution < -0.4 is 5.56 Å². The molecule has 2 aromatic heterocycles. The van der Waals surface area contributed by atoms with Crippen molar-refractivity contribution in [3.8, 4) is 22.6 Å². The number of benzene rings is 1. The largest absolute Gasteiger partial charge is 0.507 e. The summed E-state index contributed by atoms with van der Waals surface area (Å²) < 4.78 is 5.12. The number of aromatic hydroxyl groups is 2. The molecule has 0 saturated carbocycles. The van der Waals surface area contributed by atoms with E-state index in [1.54, 1.807) is 25.3 Å². The van der Waals surface area contributed by atoms with Gasteiger partial charge in [0.15, 0.2) is 0 Å². The van der Waals surface area contributed by atoms with Crippen LogP contribution in [0.15, 0.2) is 35.4 Å². The van der Waals surface area contributed by atoms with Crippen LogP contribution in [0.25, 0.3) is 21.9 Å². The van der Waals surface area contributed by atoms with Crippen LogP contribution >= 0.6 is 0 Å². The molecule has 140 valence electrons. The van der Waals surface area contributed by atoms with E-state index in [1.807, 2.05) is 6.92 Å². The van der Waals surface area contributed by atoms with Gasteiger partial charge in [-0.05, 0) is 25.5 Å². The molecule has 0 amide bonds. The number of rotatable bonds is 5. The van der Waals surface area contributed by atoms with Gasteiger partial charge in [0.25, 0.3) is 5.56 Å². The van der Waals surface area contributed by atoms with Gasteiger partial charge in [0.1, 0.15) is 11.5 Å². The summed E-state index contributed by atoms with van der Waals surface area (Å²) in [5.41, 5.74) is 0.561. The monoisotopic (exact) mass is 368 g/mol. The molecule has 0 spiro atoms. The van der Waals surface area contributed by atoms with Gasteiger partial charge in [-0.3, -0.25) is 9.78 Å². The van der Waals surface area contributed by atoms with E-state index in [9.17, 15) is 19.8 Å².